The molecule has 198 valence electrons. The molecule has 1 saturated heterocycles. The third-order valence-corrected chi connectivity index (χ3v) is 8.82. The molecule has 1 spiro atoms. The highest BCUT2D eigenvalue weighted by atomic mass is 35.5. The van der Waals surface area contributed by atoms with E-state index in [2.05, 4.69) is 31.5 Å². The average Bonchev–Trinajstić information content (AvgIpc) is 3.49. The van der Waals surface area contributed by atoms with Gasteiger partial charge in [0.1, 0.15) is 16.6 Å². The lowest BCUT2D eigenvalue weighted by molar-refractivity contribution is -0.124. The maximum atomic E-state index is 13.8. The summed E-state index contributed by atoms with van der Waals surface area (Å²) in [4.78, 5) is 34.2. The van der Waals surface area contributed by atoms with E-state index in [9.17, 15) is 18.4 Å². The Balaban J connectivity index is 1.09. The number of anilines is 2. The van der Waals surface area contributed by atoms with Crippen molar-refractivity contribution in [3.8, 4) is 0 Å². The van der Waals surface area contributed by atoms with Gasteiger partial charge >= 0.3 is 0 Å². The van der Waals surface area contributed by atoms with Gasteiger partial charge in [-0.25, -0.2) is 8.78 Å². The van der Waals surface area contributed by atoms with Gasteiger partial charge in [0.2, 0.25) is 11.0 Å². The number of nitrogens with zero attached hydrogens (tertiary/aromatic N) is 5. The van der Waals surface area contributed by atoms with Crippen molar-refractivity contribution < 1.29 is 18.4 Å². The molecule has 1 aromatic carbocycles. The Kier molecular flexibility index (Phi) is 6.51. The number of aromatic nitrogens is 3. The van der Waals surface area contributed by atoms with E-state index in [0.717, 1.165) is 35.4 Å². The van der Waals surface area contributed by atoms with Crippen molar-refractivity contribution in [2.24, 2.45) is 5.92 Å². The lowest BCUT2D eigenvalue weighted by Crippen LogP contribution is -2.64. The number of hydrogen-bond donors (Lipinski definition) is 1. The minimum absolute atomic E-state index is 0.128. The smallest absolute Gasteiger partial charge is 0.281 e. The zero-order chi connectivity index (χ0) is 26.4. The lowest BCUT2D eigenvalue weighted by atomic mass is 9.75. The zero-order valence-electron chi connectivity index (χ0n) is 20.3. The molecule has 2 fully saturated rings. The number of amides is 2. The van der Waals surface area contributed by atoms with Crippen LogP contribution >= 0.6 is 22.9 Å². The monoisotopic (exact) mass is 558 g/mol. The molecule has 1 N–H and O–H groups in total. The summed E-state index contributed by atoms with van der Waals surface area (Å²) in [7, 11) is 0. The summed E-state index contributed by atoms with van der Waals surface area (Å²) >= 11 is 7.37. The number of carbonyl (C=O) groups excluding carboxylic acids is 2. The van der Waals surface area contributed by atoms with E-state index in [4.69, 9.17) is 11.6 Å². The molecule has 0 atom stereocenters. The first kappa shape index (κ1) is 25.1. The number of carbonyl (C=O) groups is 2. The zero-order valence-corrected chi connectivity index (χ0v) is 21.9. The van der Waals surface area contributed by atoms with E-state index < -0.39 is 23.4 Å². The molecule has 38 heavy (non-hydrogen) atoms. The van der Waals surface area contributed by atoms with E-state index in [1.807, 2.05) is 23.1 Å². The van der Waals surface area contributed by atoms with Crippen molar-refractivity contribution in [1.82, 2.24) is 20.5 Å². The first-order valence-electron chi connectivity index (χ1n) is 12.5. The van der Waals surface area contributed by atoms with Gasteiger partial charge < -0.3 is 15.1 Å². The second-order valence-electron chi connectivity index (χ2n) is 10.2. The van der Waals surface area contributed by atoms with Crippen LogP contribution in [0.15, 0.2) is 42.0 Å². The molecular formula is C26H25ClF2N6O2S. The molecule has 1 aliphatic carbocycles. The van der Waals surface area contributed by atoms with Crippen molar-refractivity contribution in [3.63, 3.8) is 0 Å². The second kappa shape index (κ2) is 9.85. The Labute approximate surface area is 227 Å². The maximum absolute atomic E-state index is 13.8. The highest BCUT2D eigenvalue weighted by Gasteiger charge is 2.58. The highest BCUT2D eigenvalue weighted by Crippen LogP contribution is 2.49. The first-order chi connectivity index (χ1) is 18.4. The molecule has 3 aromatic rings. The number of nitrogens with one attached hydrogen (secondary N) is 1. The molecule has 2 aliphatic heterocycles. The molecule has 1 saturated carbocycles. The fourth-order valence-corrected chi connectivity index (χ4v) is 6.66. The summed E-state index contributed by atoms with van der Waals surface area (Å²) in [6.07, 6.45) is 1.29. The normalized spacial score (nSPS) is 22.1. The van der Waals surface area contributed by atoms with E-state index in [1.165, 1.54) is 17.4 Å². The van der Waals surface area contributed by atoms with E-state index in [0.29, 0.717) is 32.5 Å². The number of hydrogen-bond acceptors (Lipinski definition) is 7. The standard InChI is InChI=1S/C26H25ClF2N6O2S/c27-16-9-18(21(22(28)29)30-10-16)23(36)32-17-7-5-15(6-8-17)11-35-20-4-2-1-3-19(20)26(24(35)37)12-34(13-26)25-33-31-14-38-25/h1-4,9-10,14-15,17,22H,5-8,11-13H2,(H,32,36)/t15-,17-. The maximum Gasteiger partial charge on any atom is 0.281 e. The van der Waals surface area contributed by atoms with Crippen LogP contribution in [0.2, 0.25) is 5.02 Å². The van der Waals surface area contributed by atoms with Crippen molar-refractivity contribution in [3.05, 3.63) is 63.9 Å². The van der Waals surface area contributed by atoms with Crippen LogP contribution in [0.4, 0.5) is 19.6 Å². The minimum Gasteiger partial charge on any atom is -0.349 e. The molecule has 0 radical (unpaired) electrons. The van der Waals surface area contributed by atoms with Gasteiger partial charge in [0, 0.05) is 37.6 Å². The number of alkyl halides is 2. The van der Waals surface area contributed by atoms with Crippen LogP contribution in [0.3, 0.4) is 0 Å². The third kappa shape index (κ3) is 4.31. The third-order valence-electron chi connectivity index (χ3n) is 7.86. The molecular weight excluding hydrogens is 534 g/mol. The van der Waals surface area contributed by atoms with E-state index in [1.54, 1.807) is 5.51 Å². The van der Waals surface area contributed by atoms with Gasteiger partial charge in [-0.1, -0.05) is 41.1 Å². The molecule has 0 unspecified atom stereocenters. The van der Waals surface area contributed by atoms with Crippen LogP contribution in [-0.4, -0.2) is 52.7 Å². The van der Waals surface area contributed by atoms with Crippen LogP contribution in [0, 0.1) is 5.92 Å². The summed E-state index contributed by atoms with van der Waals surface area (Å²) in [6, 6.07) is 9.10. The average molecular weight is 559 g/mol. The molecule has 8 nitrogen and oxygen atoms in total. The summed E-state index contributed by atoms with van der Waals surface area (Å²) < 4.78 is 26.7. The Morgan fingerprint density at radius 2 is 1.97 bits per heavy atom. The van der Waals surface area contributed by atoms with Gasteiger partial charge in [-0.05, 0) is 49.3 Å². The number of halogens is 3. The van der Waals surface area contributed by atoms with Crippen LogP contribution in [0.25, 0.3) is 0 Å². The van der Waals surface area contributed by atoms with Gasteiger partial charge in [-0.2, -0.15) is 0 Å². The predicted molar refractivity (Wildman–Crippen MR) is 140 cm³/mol. The van der Waals surface area contributed by atoms with Gasteiger partial charge in [0.05, 0.1) is 10.6 Å². The summed E-state index contributed by atoms with van der Waals surface area (Å²) in [5.41, 5.74) is 2.42. The Morgan fingerprint density at radius 3 is 2.68 bits per heavy atom. The summed E-state index contributed by atoms with van der Waals surface area (Å²) in [6.45, 7) is 1.80. The number of benzene rings is 1. The van der Waals surface area contributed by atoms with Gasteiger partial charge in [-0.3, -0.25) is 14.6 Å². The molecule has 12 heteroatoms. The molecule has 2 aromatic heterocycles. The minimum atomic E-state index is -2.87. The highest BCUT2D eigenvalue weighted by molar-refractivity contribution is 7.13. The Morgan fingerprint density at radius 1 is 1.21 bits per heavy atom. The number of rotatable bonds is 6. The van der Waals surface area contributed by atoms with Gasteiger partial charge in [0.15, 0.2) is 0 Å². The number of para-hydroxylation sites is 1. The van der Waals surface area contributed by atoms with Crippen molar-refractivity contribution in [1.29, 1.82) is 0 Å². The lowest BCUT2D eigenvalue weighted by Gasteiger charge is -2.46. The quantitative estimate of drug-likeness (QED) is 0.475. The molecule has 0 bridgehead atoms. The summed E-state index contributed by atoms with van der Waals surface area (Å²) in [5.74, 6) is -0.184. The Bertz CT molecular complexity index is 1360. The topological polar surface area (TPSA) is 91.3 Å². The number of pyridine rings is 1. The van der Waals surface area contributed by atoms with E-state index in [-0.39, 0.29) is 28.5 Å². The van der Waals surface area contributed by atoms with Gasteiger partial charge in [-0.15, -0.1) is 10.2 Å². The van der Waals surface area contributed by atoms with Crippen LogP contribution in [0.5, 0.6) is 0 Å². The van der Waals surface area contributed by atoms with E-state index >= 15 is 0 Å². The van der Waals surface area contributed by atoms with Crippen molar-refractivity contribution in [2.45, 2.75) is 43.6 Å². The summed E-state index contributed by atoms with van der Waals surface area (Å²) in [5, 5.41) is 11.9. The largest absolute Gasteiger partial charge is 0.349 e. The van der Waals surface area contributed by atoms with Crippen LogP contribution < -0.4 is 15.1 Å². The van der Waals surface area contributed by atoms with Crippen LogP contribution in [-0.2, 0) is 10.2 Å². The molecule has 4 heterocycles. The predicted octanol–water partition coefficient (Wildman–Crippen LogP) is 4.62. The van der Waals surface area contributed by atoms with Crippen LogP contribution in [0.1, 0.15) is 53.7 Å². The SMILES string of the molecule is O=C(N[C@H]1CC[C@H](CN2C(=O)C3(CN(c4nncs4)C3)c3ccccc32)CC1)c1cc(Cl)cnc1C(F)F. The first-order valence-corrected chi connectivity index (χ1v) is 13.8. The van der Waals surface area contributed by atoms with Gasteiger partial charge in [0.25, 0.3) is 12.3 Å². The molecule has 3 aliphatic rings. The fraction of sp³-hybridized carbons (Fsp3) is 0.423. The molecule has 2 amide bonds. The Hall–Kier alpha value is -3.18. The van der Waals surface area contributed by atoms with Crippen molar-refractivity contribution >= 4 is 45.6 Å². The second-order valence-corrected chi connectivity index (χ2v) is 11.4. The number of fused-ring (bicyclic) bond motifs is 2. The fourth-order valence-electron chi connectivity index (χ4n) is 5.95. The molecule has 6 rings (SSSR count). The van der Waals surface area contributed by atoms with Crippen molar-refractivity contribution in [2.75, 3.05) is 29.4 Å².